The van der Waals surface area contributed by atoms with Gasteiger partial charge in [0.15, 0.2) is 0 Å². The van der Waals surface area contributed by atoms with Gasteiger partial charge in [-0.15, -0.1) is 12.3 Å². The number of terminal acetylenes is 1. The Kier molecular flexibility index (Phi) is 6.75. The third kappa shape index (κ3) is 4.00. The van der Waals surface area contributed by atoms with Crippen LogP contribution in [-0.2, 0) is 4.74 Å². The molecule has 5 unspecified atom stereocenters. The van der Waals surface area contributed by atoms with Crippen molar-refractivity contribution >= 4 is 0 Å². The molecule has 1 saturated heterocycles. The lowest BCUT2D eigenvalue weighted by molar-refractivity contribution is 0.0471. The lowest BCUT2D eigenvalue weighted by atomic mass is 9.81. The van der Waals surface area contributed by atoms with Gasteiger partial charge < -0.3 is 10.1 Å². The molecule has 1 rings (SSSR count). The Balaban J connectivity index is 2.60. The molecule has 0 aromatic rings. The third-order valence-corrected chi connectivity index (χ3v) is 4.28. The summed E-state index contributed by atoms with van der Waals surface area (Å²) < 4.78 is 5.97. The zero-order chi connectivity index (χ0) is 13.5. The maximum Gasteiger partial charge on any atom is 0.0597 e. The van der Waals surface area contributed by atoms with Crippen LogP contribution in [0.4, 0.5) is 0 Å². The molecule has 1 aliphatic heterocycles. The topological polar surface area (TPSA) is 21.3 Å². The van der Waals surface area contributed by atoms with Crippen LogP contribution in [0.25, 0.3) is 0 Å². The molecule has 2 heteroatoms. The van der Waals surface area contributed by atoms with Crippen LogP contribution in [0.1, 0.15) is 53.4 Å². The van der Waals surface area contributed by atoms with Crippen LogP contribution in [0.5, 0.6) is 0 Å². The van der Waals surface area contributed by atoms with Gasteiger partial charge in [-0.3, -0.25) is 0 Å². The predicted octanol–water partition coefficient (Wildman–Crippen LogP) is 3.22. The standard InChI is InChI=1S/C16H29NO/c1-6-8-9-10-15(17-11-7-2)16-12(3)13(4)18-14(16)5/h1,12-17H,7-11H2,2-5H3. The molecule has 0 bridgehead atoms. The van der Waals surface area contributed by atoms with Crippen molar-refractivity contribution < 1.29 is 4.74 Å². The van der Waals surface area contributed by atoms with Crippen LogP contribution in [0.3, 0.4) is 0 Å². The van der Waals surface area contributed by atoms with Crippen LogP contribution < -0.4 is 5.32 Å². The van der Waals surface area contributed by atoms with E-state index in [1.165, 1.54) is 12.8 Å². The minimum Gasteiger partial charge on any atom is -0.375 e. The molecule has 1 N–H and O–H groups in total. The minimum atomic E-state index is 0.357. The van der Waals surface area contributed by atoms with Crippen molar-refractivity contribution in [2.45, 2.75) is 71.6 Å². The molecule has 0 aromatic heterocycles. The molecule has 0 spiro atoms. The Labute approximate surface area is 113 Å². The van der Waals surface area contributed by atoms with E-state index in [1.54, 1.807) is 0 Å². The summed E-state index contributed by atoms with van der Waals surface area (Å²) in [5, 5.41) is 3.70. The van der Waals surface area contributed by atoms with Crippen molar-refractivity contribution in [3.8, 4) is 12.3 Å². The lowest BCUT2D eigenvalue weighted by Gasteiger charge is -2.30. The van der Waals surface area contributed by atoms with Crippen LogP contribution in [0.15, 0.2) is 0 Å². The van der Waals surface area contributed by atoms with E-state index >= 15 is 0 Å². The SMILES string of the molecule is C#CCCCC(NCCC)C1C(C)OC(C)C1C. The number of ether oxygens (including phenoxy) is 1. The second kappa shape index (κ2) is 7.81. The molecule has 104 valence electrons. The van der Waals surface area contributed by atoms with Gasteiger partial charge in [-0.25, -0.2) is 0 Å². The van der Waals surface area contributed by atoms with Crippen molar-refractivity contribution in [1.29, 1.82) is 0 Å². The van der Waals surface area contributed by atoms with E-state index in [0.29, 0.717) is 30.1 Å². The minimum absolute atomic E-state index is 0.357. The third-order valence-electron chi connectivity index (χ3n) is 4.28. The van der Waals surface area contributed by atoms with Gasteiger partial charge in [-0.1, -0.05) is 13.8 Å². The van der Waals surface area contributed by atoms with E-state index < -0.39 is 0 Å². The van der Waals surface area contributed by atoms with Crippen molar-refractivity contribution in [3.63, 3.8) is 0 Å². The quantitative estimate of drug-likeness (QED) is 0.554. The molecule has 1 heterocycles. The maximum absolute atomic E-state index is 5.97. The Morgan fingerprint density at radius 1 is 1.28 bits per heavy atom. The van der Waals surface area contributed by atoms with E-state index in [4.69, 9.17) is 11.2 Å². The number of hydrogen-bond donors (Lipinski definition) is 1. The van der Waals surface area contributed by atoms with Gasteiger partial charge in [0, 0.05) is 18.4 Å². The van der Waals surface area contributed by atoms with Crippen molar-refractivity contribution in [2.75, 3.05) is 6.54 Å². The average molecular weight is 251 g/mol. The number of rotatable bonds is 7. The molecule has 0 saturated carbocycles. The van der Waals surface area contributed by atoms with Gasteiger partial charge in [0.25, 0.3) is 0 Å². The number of hydrogen-bond acceptors (Lipinski definition) is 2. The Morgan fingerprint density at radius 2 is 2.00 bits per heavy atom. The van der Waals surface area contributed by atoms with E-state index in [-0.39, 0.29) is 0 Å². The first-order chi connectivity index (χ1) is 8.61. The summed E-state index contributed by atoms with van der Waals surface area (Å²) in [7, 11) is 0. The second-order valence-electron chi connectivity index (χ2n) is 5.64. The predicted molar refractivity (Wildman–Crippen MR) is 77.4 cm³/mol. The van der Waals surface area contributed by atoms with Crippen molar-refractivity contribution in [3.05, 3.63) is 0 Å². The van der Waals surface area contributed by atoms with Crippen LogP contribution >= 0.6 is 0 Å². The average Bonchev–Trinajstić information content (AvgIpc) is 2.59. The normalized spacial score (nSPS) is 33.3. The zero-order valence-corrected chi connectivity index (χ0v) is 12.4. The summed E-state index contributed by atoms with van der Waals surface area (Å²) in [5.74, 6) is 3.98. The largest absolute Gasteiger partial charge is 0.375 e. The molecule has 0 aliphatic carbocycles. The van der Waals surface area contributed by atoms with Crippen molar-refractivity contribution in [2.24, 2.45) is 11.8 Å². The molecule has 1 aliphatic rings. The van der Waals surface area contributed by atoms with E-state index in [2.05, 4.69) is 38.9 Å². The van der Waals surface area contributed by atoms with E-state index in [0.717, 1.165) is 19.4 Å². The monoisotopic (exact) mass is 251 g/mol. The molecular formula is C16H29NO. The fraction of sp³-hybridized carbons (Fsp3) is 0.875. The Morgan fingerprint density at radius 3 is 2.50 bits per heavy atom. The van der Waals surface area contributed by atoms with E-state index in [1.807, 2.05) is 0 Å². The fourth-order valence-electron chi connectivity index (χ4n) is 3.17. The fourth-order valence-corrected chi connectivity index (χ4v) is 3.17. The summed E-state index contributed by atoms with van der Waals surface area (Å²) in [5.41, 5.74) is 0. The van der Waals surface area contributed by atoms with E-state index in [9.17, 15) is 0 Å². The molecule has 0 radical (unpaired) electrons. The highest BCUT2D eigenvalue weighted by atomic mass is 16.5. The number of nitrogens with one attached hydrogen (secondary N) is 1. The summed E-state index contributed by atoms with van der Waals surface area (Å²) in [6, 6.07) is 0.549. The highest BCUT2D eigenvalue weighted by molar-refractivity contribution is 4.92. The molecule has 1 fully saturated rings. The Hall–Kier alpha value is -0.520. The number of unbranched alkanes of at least 4 members (excludes halogenated alkanes) is 1. The first-order valence-corrected chi connectivity index (χ1v) is 7.44. The summed E-state index contributed by atoms with van der Waals surface area (Å²) in [6.07, 6.45) is 10.4. The van der Waals surface area contributed by atoms with Gasteiger partial charge in [-0.05, 0) is 45.6 Å². The van der Waals surface area contributed by atoms with Gasteiger partial charge in [0.05, 0.1) is 12.2 Å². The summed E-state index contributed by atoms with van der Waals surface area (Å²) >= 11 is 0. The summed E-state index contributed by atoms with van der Waals surface area (Å²) in [6.45, 7) is 10.0. The van der Waals surface area contributed by atoms with Crippen LogP contribution in [0, 0.1) is 24.2 Å². The highest BCUT2D eigenvalue weighted by Crippen LogP contribution is 2.35. The summed E-state index contributed by atoms with van der Waals surface area (Å²) in [4.78, 5) is 0. The maximum atomic E-state index is 5.97. The molecule has 0 aromatic carbocycles. The zero-order valence-electron chi connectivity index (χ0n) is 12.4. The molecule has 5 atom stereocenters. The van der Waals surface area contributed by atoms with Gasteiger partial charge >= 0.3 is 0 Å². The molecule has 18 heavy (non-hydrogen) atoms. The van der Waals surface area contributed by atoms with Crippen LogP contribution in [0.2, 0.25) is 0 Å². The van der Waals surface area contributed by atoms with Crippen LogP contribution in [-0.4, -0.2) is 24.8 Å². The smallest absolute Gasteiger partial charge is 0.0597 e. The lowest BCUT2D eigenvalue weighted by Crippen LogP contribution is -2.42. The molecular weight excluding hydrogens is 222 g/mol. The highest BCUT2D eigenvalue weighted by Gasteiger charge is 2.40. The van der Waals surface area contributed by atoms with Crippen molar-refractivity contribution in [1.82, 2.24) is 5.32 Å². The molecule has 0 amide bonds. The second-order valence-corrected chi connectivity index (χ2v) is 5.64. The van der Waals surface area contributed by atoms with Gasteiger partial charge in [0.1, 0.15) is 0 Å². The molecule has 2 nitrogen and oxygen atoms in total. The van der Waals surface area contributed by atoms with Gasteiger partial charge in [-0.2, -0.15) is 0 Å². The van der Waals surface area contributed by atoms with Gasteiger partial charge in [0.2, 0.25) is 0 Å². The first kappa shape index (κ1) is 15.5. The Bertz CT molecular complexity index is 271. The first-order valence-electron chi connectivity index (χ1n) is 7.44.